The van der Waals surface area contributed by atoms with Crippen LogP contribution in [0.3, 0.4) is 0 Å². The van der Waals surface area contributed by atoms with Crippen molar-refractivity contribution in [2.75, 3.05) is 5.32 Å². The average Bonchev–Trinajstić information content (AvgIpc) is 2.79. The molecule has 112 valence electrons. The van der Waals surface area contributed by atoms with Crippen LogP contribution in [0.25, 0.3) is 0 Å². The first-order valence-electron chi connectivity index (χ1n) is 7.62. The zero-order chi connectivity index (χ0) is 15.1. The van der Waals surface area contributed by atoms with E-state index < -0.39 is 0 Å². The van der Waals surface area contributed by atoms with E-state index in [0.29, 0.717) is 5.92 Å². The molecule has 2 aliphatic rings. The molecule has 1 aromatic carbocycles. The number of hydrogen-bond donors (Lipinski definition) is 2. The molecule has 0 unspecified atom stereocenters. The fourth-order valence-corrected chi connectivity index (χ4v) is 3.90. The molecule has 2 fully saturated rings. The van der Waals surface area contributed by atoms with E-state index in [0.717, 1.165) is 17.8 Å². The van der Waals surface area contributed by atoms with Crippen molar-refractivity contribution in [3.05, 3.63) is 30.3 Å². The zero-order valence-corrected chi connectivity index (χ0v) is 12.9. The Morgan fingerprint density at radius 3 is 2.52 bits per heavy atom. The van der Waals surface area contributed by atoms with Crippen LogP contribution >= 0.6 is 0 Å². The Kier molecular flexibility index (Phi) is 3.27. The molecule has 0 heterocycles. The number of carbonyl (C=O) groups is 1. The first-order valence-corrected chi connectivity index (χ1v) is 7.62. The van der Waals surface area contributed by atoms with Gasteiger partial charge in [0.15, 0.2) is 0 Å². The third kappa shape index (κ3) is 2.23. The maximum absolute atomic E-state index is 11.9. The van der Waals surface area contributed by atoms with Crippen LogP contribution < -0.4 is 10.7 Å². The second-order valence-corrected chi connectivity index (χ2v) is 6.98. The molecule has 21 heavy (non-hydrogen) atoms. The van der Waals surface area contributed by atoms with Crippen LogP contribution in [-0.2, 0) is 0 Å². The van der Waals surface area contributed by atoms with E-state index in [1.54, 1.807) is 0 Å². The third-order valence-electron chi connectivity index (χ3n) is 5.84. The molecular formula is C17H23N3O. The highest BCUT2D eigenvalue weighted by Gasteiger charge is 2.59. The van der Waals surface area contributed by atoms with Crippen molar-refractivity contribution in [3.63, 3.8) is 0 Å². The van der Waals surface area contributed by atoms with Crippen molar-refractivity contribution in [1.82, 2.24) is 5.43 Å². The average molecular weight is 285 g/mol. The lowest BCUT2D eigenvalue weighted by molar-refractivity contribution is 0.193. The SMILES string of the molecule is CC1(C)[C@H]2CC[C@@]1(C)/C(=N/NC(=O)Nc1ccccc1)C2. The van der Waals surface area contributed by atoms with E-state index in [9.17, 15) is 4.79 Å². The van der Waals surface area contributed by atoms with Crippen molar-refractivity contribution in [1.29, 1.82) is 0 Å². The van der Waals surface area contributed by atoms with Gasteiger partial charge < -0.3 is 5.32 Å². The number of carbonyl (C=O) groups excluding carboxylic acids is 1. The fraction of sp³-hybridized carbons (Fsp3) is 0.529. The molecule has 0 radical (unpaired) electrons. The predicted octanol–water partition coefficient (Wildman–Crippen LogP) is 4.01. The molecule has 0 aromatic heterocycles. The van der Waals surface area contributed by atoms with Gasteiger partial charge in [0.25, 0.3) is 0 Å². The van der Waals surface area contributed by atoms with Gasteiger partial charge in [0.2, 0.25) is 0 Å². The van der Waals surface area contributed by atoms with Crippen LogP contribution in [0.15, 0.2) is 35.4 Å². The van der Waals surface area contributed by atoms with E-state index in [4.69, 9.17) is 0 Å². The maximum atomic E-state index is 11.9. The monoisotopic (exact) mass is 285 g/mol. The Hall–Kier alpha value is -1.84. The predicted molar refractivity (Wildman–Crippen MR) is 85.3 cm³/mol. The molecule has 3 rings (SSSR count). The summed E-state index contributed by atoms with van der Waals surface area (Å²) in [6, 6.07) is 9.13. The van der Waals surface area contributed by atoms with Gasteiger partial charge in [-0.15, -0.1) is 0 Å². The van der Waals surface area contributed by atoms with Crippen molar-refractivity contribution < 1.29 is 4.79 Å². The van der Waals surface area contributed by atoms with E-state index in [1.807, 2.05) is 30.3 Å². The van der Waals surface area contributed by atoms with E-state index >= 15 is 0 Å². The smallest absolute Gasteiger partial charge is 0.307 e. The number of hydrogen-bond acceptors (Lipinski definition) is 2. The number of urea groups is 1. The molecule has 0 spiro atoms. The molecule has 2 amide bonds. The van der Waals surface area contributed by atoms with Crippen molar-refractivity contribution in [2.45, 2.75) is 40.0 Å². The number of fused-ring (bicyclic) bond motifs is 2. The van der Waals surface area contributed by atoms with Gasteiger partial charge in [0.05, 0.1) is 0 Å². The van der Waals surface area contributed by atoms with Gasteiger partial charge in [-0.2, -0.15) is 5.10 Å². The summed E-state index contributed by atoms with van der Waals surface area (Å²) in [7, 11) is 0. The molecule has 1 aromatic rings. The van der Waals surface area contributed by atoms with Gasteiger partial charge in [-0.3, -0.25) is 0 Å². The molecule has 2 bridgehead atoms. The summed E-state index contributed by atoms with van der Waals surface area (Å²) in [5.41, 5.74) is 4.98. The van der Waals surface area contributed by atoms with Gasteiger partial charge >= 0.3 is 6.03 Å². The third-order valence-corrected chi connectivity index (χ3v) is 5.84. The minimum Gasteiger partial charge on any atom is -0.307 e. The van der Waals surface area contributed by atoms with E-state index in [2.05, 4.69) is 36.6 Å². The van der Waals surface area contributed by atoms with Gasteiger partial charge in [-0.25, -0.2) is 10.2 Å². The quantitative estimate of drug-likeness (QED) is 0.792. The van der Waals surface area contributed by atoms with E-state index in [1.165, 1.54) is 12.8 Å². The second kappa shape index (κ2) is 4.86. The number of anilines is 1. The minimum atomic E-state index is -0.280. The number of nitrogens with zero attached hydrogens (tertiary/aromatic N) is 1. The molecule has 2 N–H and O–H groups in total. The van der Waals surface area contributed by atoms with Crippen LogP contribution in [0.1, 0.15) is 40.0 Å². The maximum Gasteiger partial charge on any atom is 0.339 e. The van der Waals surface area contributed by atoms with Crippen LogP contribution in [0.2, 0.25) is 0 Å². The molecule has 2 saturated carbocycles. The summed E-state index contributed by atoms with van der Waals surface area (Å²) in [5.74, 6) is 0.695. The first kappa shape index (κ1) is 14.1. The topological polar surface area (TPSA) is 53.5 Å². The summed E-state index contributed by atoms with van der Waals surface area (Å²) >= 11 is 0. The fourth-order valence-electron chi connectivity index (χ4n) is 3.90. The lowest BCUT2D eigenvalue weighted by atomic mass is 9.70. The highest BCUT2D eigenvalue weighted by molar-refractivity contribution is 5.96. The molecule has 2 atom stereocenters. The Morgan fingerprint density at radius 1 is 1.24 bits per heavy atom. The van der Waals surface area contributed by atoms with Crippen LogP contribution in [-0.4, -0.2) is 11.7 Å². The van der Waals surface area contributed by atoms with Crippen molar-refractivity contribution in [3.8, 4) is 0 Å². The summed E-state index contributed by atoms with van der Waals surface area (Å²) in [6.45, 7) is 6.95. The largest absolute Gasteiger partial charge is 0.339 e. The first-order chi connectivity index (χ1) is 9.93. The number of para-hydroxylation sites is 1. The van der Waals surface area contributed by atoms with Gasteiger partial charge in [0, 0.05) is 16.8 Å². The summed E-state index contributed by atoms with van der Waals surface area (Å²) in [6.07, 6.45) is 3.46. The molecule has 4 nitrogen and oxygen atoms in total. The van der Waals surface area contributed by atoms with Gasteiger partial charge in [-0.05, 0) is 42.7 Å². The van der Waals surface area contributed by atoms with Crippen LogP contribution in [0.5, 0.6) is 0 Å². The number of amides is 2. The summed E-state index contributed by atoms with van der Waals surface area (Å²) in [4.78, 5) is 11.9. The Balaban J connectivity index is 1.66. The van der Waals surface area contributed by atoms with Crippen LogP contribution in [0, 0.1) is 16.7 Å². The number of benzene rings is 1. The second-order valence-electron chi connectivity index (χ2n) is 6.98. The highest BCUT2D eigenvalue weighted by Crippen LogP contribution is 2.63. The van der Waals surface area contributed by atoms with Crippen molar-refractivity contribution >= 4 is 17.4 Å². The minimum absolute atomic E-state index is 0.123. The lowest BCUT2D eigenvalue weighted by Crippen LogP contribution is -2.35. The van der Waals surface area contributed by atoms with Gasteiger partial charge in [-0.1, -0.05) is 39.0 Å². The number of hydrazone groups is 1. The molecular weight excluding hydrogens is 262 g/mol. The van der Waals surface area contributed by atoms with Crippen LogP contribution in [0.4, 0.5) is 10.5 Å². The summed E-state index contributed by atoms with van der Waals surface area (Å²) in [5, 5.41) is 7.21. The Morgan fingerprint density at radius 2 is 1.95 bits per heavy atom. The highest BCUT2D eigenvalue weighted by atomic mass is 16.2. The molecule has 4 heteroatoms. The molecule has 0 saturated heterocycles. The molecule has 0 aliphatic heterocycles. The number of nitrogens with one attached hydrogen (secondary N) is 2. The normalized spacial score (nSPS) is 31.4. The Labute approximate surface area is 126 Å². The Bertz CT molecular complexity index is 579. The van der Waals surface area contributed by atoms with Gasteiger partial charge in [0.1, 0.15) is 0 Å². The van der Waals surface area contributed by atoms with Crippen molar-refractivity contribution in [2.24, 2.45) is 21.8 Å². The zero-order valence-electron chi connectivity index (χ0n) is 12.9. The molecule has 2 aliphatic carbocycles. The van der Waals surface area contributed by atoms with E-state index in [-0.39, 0.29) is 16.9 Å². The summed E-state index contributed by atoms with van der Waals surface area (Å²) < 4.78 is 0. The standard InChI is InChI=1S/C17H23N3O/c1-16(2)12-9-10-17(16,3)14(11-12)19-20-15(21)18-13-7-5-4-6-8-13/h4-8,12H,9-11H2,1-3H3,(H2,18,20,21)/b19-14+/t12-,17-/m0/s1. The number of rotatable bonds is 2. The lowest BCUT2D eigenvalue weighted by Gasteiger charge is -2.34.